The van der Waals surface area contributed by atoms with Crippen LogP contribution in [0.2, 0.25) is 0 Å². The highest BCUT2D eigenvalue weighted by molar-refractivity contribution is 6.36. The Hall–Kier alpha value is -3.97. The third-order valence-corrected chi connectivity index (χ3v) is 5.44. The molecule has 33 heavy (non-hydrogen) atoms. The van der Waals surface area contributed by atoms with Crippen LogP contribution in [-0.2, 0) is 4.74 Å². The van der Waals surface area contributed by atoms with Gasteiger partial charge in [0.15, 0.2) is 0 Å². The Morgan fingerprint density at radius 3 is 2.64 bits per heavy atom. The Labute approximate surface area is 190 Å². The molecule has 1 aliphatic rings. The van der Waals surface area contributed by atoms with E-state index in [0.29, 0.717) is 29.9 Å². The third kappa shape index (κ3) is 4.23. The fourth-order valence-corrected chi connectivity index (χ4v) is 3.64. The van der Waals surface area contributed by atoms with Crippen molar-refractivity contribution in [3.05, 3.63) is 83.9 Å². The molecule has 0 saturated carbocycles. The normalized spacial score (nSPS) is 13.7. The molecule has 0 bridgehead atoms. The standard InChI is InChI=1S/C26H23NO6/c1-3-12-32-19-9-11-20-16(13-19)6-5-7-23(20)27-24(29)21-10-8-17(14-22(21)25(27)30)26(31)33-15-18(28)4-2/h3,5-11,13-14,18,28H,1,4,12,15H2,2H3. The van der Waals surface area contributed by atoms with Crippen molar-refractivity contribution >= 4 is 34.2 Å². The summed E-state index contributed by atoms with van der Waals surface area (Å²) < 4.78 is 10.7. The van der Waals surface area contributed by atoms with Crippen molar-refractivity contribution in [2.45, 2.75) is 19.4 Å². The number of benzene rings is 3. The van der Waals surface area contributed by atoms with Crippen LogP contribution in [0.15, 0.2) is 67.3 Å². The maximum absolute atomic E-state index is 13.2. The number of carbonyl (C=O) groups excluding carboxylic acids is 3. The van der Waals surface area contributed by atoms with E-state index < -0.39 is 23.9 Å². The largest absolute Gasteiger partial charge is 0.490 e. The molecule has 0 radical (unpaired) electrons. The Morgan fingerprint density at radius 1 is 1.09 bits per heavy atom. The van der Waals surface area contributed by atoms with Crippen LogP contribution in [-0.4, -0.2) is 42.2 Å². The minimum Gasteiger partial charge on any atom is -0.490 e. The Bertz CT molecular complexity index is 1260. The molecule has 7 heteroatoms. The summed E-state index contributed by atoms with van der Waals surface area (Å²) in [6, 6.07) is 15.0. The molecule has 4 rings (SSSR count). The third-order valence-electron chi connectivity index (χ3n) is 5.44. The van der Waals surface area contributed by atoms with Crippen molar-refractivity contribution in [2.24, 2.45) is 0 Å². The van der Waals surface area contributed by atoms with Crippen molar-refractivity contribution in [3.63, 3.8) is 0 Å². The van der Waals surface area contributed by atoms with Gasteiger partial charge in [-0.3, -0.25) is 9.59 Å². The zero-order valence-corrected chi connectivity index (χ0v) is 18.1. The van der Waals surface area contributed by atoms with Gasteiger partial charge in [0.2, 0.25) is 0 Å². The van der Waals surface area contributed by atoms with Gasteiger partial charge in [0, 0.05) is 5.39 Å². The SMILES string of the molecule is C=CCOc1ccc2c(N3C(=O)c4ccc(C(=O)OCC(O)CC)cc4C3=O)cccc2c1. The van der Waals surface area contributed by atoms with E-state index in [2.05, 4.69) is 6.58 Å². The van der Waals surface area contributed by atoms with Gasteiger partial charge in [-0.15, -0.1) is 0 Å². The molecule has 0 aromatic heterocycles. The first-order valence-corrected chi connectivity index (χ1v) is 10.6. The van der Waals surface area contributed by atoms with Gasteiger partial charge in [0.25, 0.3) is 11.8 Å². The molecule has 7 nitrogen and oxygen atoms in total. The summed E-state index contributed by atoms with van der Waals surface area (Å²) in [6.45, 7) is 5.63. The quantitative estimate of drug-likeness (QED) is 0.318. The summed E-state index contributed by atoms with van der Waals surface area (Å²) in [5, 5.41) is 11.1. The number of hydrogen-bond acceptors (Lipinski definition) is 6. The number of aliphatic hydroxyl groups excluding tert-OH is 1. The molecular formula is C26H23NO6. The van der Waals surface area contributed by atoms with Gasteiger partial charge in [-0.05, 0) is 54.3 Å². The number of carbonyl (C=O) groups is 3. The molecule has 0 aliphatic carbocycles. The zero-order chi connectivity index (χ0) is 23.5. The summed E-state index contributed by atoms with van der Waals surface area (Å²) in [4.78, 5) is 39.8. The molecule has 3 aromatic rings. The average Bonchev–Trinajstić information content (AvgIpc) is 3.09. The van der Waals surface area contributed by atoms with Crippen molar-refractivity contribution in [3.8, 4) is 5.75 Å². The molecule has 168 valence electrons. The summed E-state index contributed by atoms with van der Waals surface area (Å²) in [6.07, 6.45) is 1.35. The monoisotopic (exact) mass is 445 g/mol. The van der Waals surface area contributed by atoms with Crippen LogP contribution in [0.1, 0.15) is 44.4 Å². The smallest absolute Gasteiger partial charge is 0.338 e. The first-order chi connectivity index (χ1) is 15.9. The molecular weight excluding hydrogens is 422 g/mol. The minimum absolute atomic E-state index is 0.133. The van der Waals surface area contributed by atoms with Gasteiger partial charge in [-0.25, -0.2) is 9.69 Å². The van der Waals surface area contributed by atoms with Crippen molar-refractivity contribution in [2.75, 3.05) is 18.1 Å². The first-order valence-electron chi connectivity index (χ1n) is 10.6. The number of imide groups is 1. The minimum atomic E-state index is -0.754. The summed E-state index contributed by atoms with van der Waals surface area (Å²) in [5.74, 6) is -0.993. The van der Waals surface area contributed by atoms with Crippen LogP contribution in [0.5, 0.6) is 5.75 Å². The Morgan fingerprint density at radius 2 is 1.88 bits per heavy atom. The molecule has 1 atom stereocenters. The van der Waals surface area contributed by atoms with Crippen LogP contribution in [0.4, 0.5) is 5.69 Å². The van der Waals surface area contributed by atoms with E-state index in [9.17, 15) is 19.5 Å². The number of aliphatic hydroxyl groups is 1. The second-order valence-corrected chi connectivity index (χ2v) is 7.63. The average molecular weight is 445 g/mol. The summed E-state index contributed by atoms with van der Waals surface area (Å²) >= 11 is 0. The lowest BCUT2D eigenvalue weighted by molar-refractivity contribution is 0.0250. The van der Waals surface area contributed by atoms with Crippen molar-refractivity contribution in [1.82, 2.24) is 0 Å². The molecule has 0 fully saturated rings. The molecule has 1 unspecified atom stereocenters. The molecule has 0 saturated heterocycles. The lowest BCUT2D eigenvalue weighted by Crippen LogP contribution is -2.29. The predicted molar refractivity (Wildman–Crippen MR) is 124 cm³/mol. The van der Waals surface area contributed by atoms with E-state index in [-0.39, 0.29) is 23.3 Å². The molecule has 1 aliphatic heterocycles. The molecule has 3 aromatic carbocycles. The van der Waals surface area contributed by atoms with Gasteiger partial charge >= 0.3 is 5.97 Å². The highest BCUT2D eigenvalue weighted by atomic mass is 16.5. The van der Waals surface area contributed by atoms with Crippen LogP contribution in [0, 0.1) is 0 Å². The predicted octanol–water partition coefficient (Wildman–Crippen LogP) is 4.13. The lowest BCUT2D eigenvalue weighted by atomic mass is 10.1. The van der Waals surface area contributed by atoms with Gasteiger partial charge in [0.1, 0.15) is 19.0 Å². The Balaban J connectivity index is 1.65. The maximum atomic E-state index is 13.2. The second kappa shape index (κ2) is 9.26. The highest BCUT2D eigenvalue weighted by Gasteiger charge is 2.38. The first kappa shape index (κ1) is 22.2. The molecule has 1 heterocycles. The van der Waals surface area contributed by atoms with E-state index in [0.717, 1.165) is 10.3 Å². The molecule has 1 N–H and O–H groups in total. The summed E-state index contributed by atoms with van der Waals surface area (Å²) in [5.41, 5.74) is 0.938. The number of esters is 1. The second-order valence-electron chi connectivity index (χ2n) is 7.63. The van der Waals surface area contributed by atoms with Gasteiger partial charge in [-0.2, -0.15) is 0 Å². The van der Waals surface area contributed by atoms with Crippen LogP contribution >= 0.6 is 0 Å². The molecule has 2 amide bonds. The number of anilines is 1. The molecule has 0 spiro atoms. The number of nitrogens with zero attached hydrogens (tertiary/aromatic N) is 1. The van der Waals surface area contributed by atoms with Crippen LogP contribution in [0.3, 0.4) is 0 Å². The fourth-order valence-electron chi connectivity index (χ4n) is 3.64. The summed E-state index contributed by atoms with van der Waals surface area (Å²) in [7, 11) is 0. The maximum Gasteiger partial charge on any atom is 0.338 e. The van der Waals surface area contributed by atoms with E-state index in [1.165, 1.54) is 18.2 Å². The van der Waals surface area contributed by atoms with E-state index in [1.807, 2.05) is 12.1 Å². The number of amides is 2. The van der Waals surface area contributed by atoms with E-state index in [4.69, 9.17) is 9.47 Å². The lowest BCUT2D eigenvalue weighted by Gasteiger charge is -2.17. The van der Waals surface area contributed by atoms with Gasteiger partial charge < -0.3 is 14.6 Å². The number of ether oxygens (including phenoxy) is 2. The highest BCUT2D eigenvalue weighted by Crippen LogP contribution is 2.35. The van der Waals surface area contributed by atoms with E-state index in [1.54, 1.807) is 37.3 Å². The fraction of sp³-hybridized carbons (Fsp3) is 0.192. The van der Waals surface area contributed by atoms with Gasteiger partial charge in [-0.1, -0.05) is 31.7 Å². The van der Waals surface area contributed by atoms with Gasteiger partial charge in [0.05, 0.1) is 28.5 Å². The number of rotatable bonds is 8. The topological polar surface area (TPSA) is 93.1 Å². The van der Waals surface area contributed by atoms with Crippen molar-refractivity contribution in [1.29, 1.82) is 0 Å². The Kier molecular flexibility index (Phi) is 6.24. The van der Waals surface area contributed by atoms with Crippen LogP contribution in [0.25, 0.3) is 10.8 Å². The number of fused-ring (bicyclic) bond motifs is 2. The van der Waals surface area contributed by atoms with E-state index >= 15 is 0 Å². The van der Waals surface area contributed by atoms with Crippen LogP contribution < -0.4 is 9.64 Å². The van der Waals surface area contributed by atoms with Crippen molar-refractivity contribution < 1.29 is 29.0 Å². The zero-order valence-electron chi connectivity index (χ0n) is 18.1. The number of hydrogen-bond donors (Lipinski definition) is 1.